The Kier molecular flexibility index (Phi) is 11.2. The summed E-state index contributed by atoms with van der Waals surface area (Å²) >= 11 is 0. The molecule has 0 atom stereocenters. The SMILES string of the molecule is C=CCNC(=NCC(=O)N(C)C)NCCc1ccccc1.I. The standard InChI is InChI=1S/C16H24N4O.HI/c1-4-11-17-16(19-13-15(21)20(2)3)18-12-10-14-8-6-5-7-9-14;/h4-9H,1,10-13H2,2-3H3,(H2,17,18,19);1H. The fourth-order valence-corrected chi connectivity index (χ4v) is 1.60. The van der Waals surface area contributed by atoms with E-state index in [9.17, 15) is 4.79 Å². The van der Waals surface area contributed by atoms with Gasteiger partial charge < -0.3 is 15.5 Å². The maximum absolute atomic E-state index is 11.6. The van der Waals surface area contributed by atoms with Crippen molar-refractivity contribution in [1.29, 1.82) is 0 Å². The second kappa shape index (κ2) is 12.0. The number of benzene rings is 1. The normalized spacial score (nSPS) is 10.4. The predicted molar refractivity (Wildman–Crippen MR) is 103 cm³/mol. The molecule has 0 saturated heterocycles. The molecule has 0 radical (unpaired) electrons. The fourth-order valence-electron chi connectivity index (χ4n) is 1.60. The quantitative estimate of drug-likeness (QED) is 0.308. The Balaban J connectivity index is 0.00000441. The minimum atomic E-state index is -0.0298. The van der Waals surface area contributed by atoms with Crippen LogP contribution in [0.15, 0.2) is 48.0 Å². The van der Waals surface area contributed by atoms with E-state index in [1.54, 1.807) is 20.2 Å². The van der Waals surface area contributed by atoms with Gasteiger partial charge in [-0.2, -0.15) is 0 Å². The van der Waals surface area contributed by atoms with E-state index in [-0.39, 0.29) is 36.4 Å². The van der Waals surface area contributed by atoms with Crippen molar-refractivity contribution in [3.8, 4) is 0 Å². The van der Waals surface area contributed by atoms with Crippen LogP contribution in [0.25, 0.3) is 0 Å². The lowest BCUT2D eigenvalue weighted by atomic mass is 10.1. The van der Waals surface area contributed by atoms with Gasteiger partial charge in [-0.25, -0.2) is 4.99 Å². The third-order valence-electron chi connectivity index (χ3n) is 2.83. The highest BCUT2D eigenvalue weighted by atomic mass is 127. The van der Waals surface area contributed by atoms with Gasteiger partial charge in [0.2, 0.25) is 5.91 Å². The highest BCUT2D eigenvalue weighted by Gasteiger charge is 2.03. The molecule has 0 heterocycles. The Morgan fingerprint density at radius 1 is 1.27 bits per heavy atom. The molecule has 0 unspecified atom stereocenters. The maximum Gasteiger partial charge on any atom is 0.243 e. The predicted octanol–water partition coefficient (Wildman–Crippen LogP) is 1.66. The Labute approximate surface area is 149 Å². The number of nitrogens with zero attached hydrogens (tertiary/aromatic N) is 2. The zero-order chi connectivity index (χ0) is 15.5. The molecule has 0 saturated carbocycles. The van der Waals surface area contributed by atoms with Crippen LogP contribution in [0, 0.1) is 0 Å². The lowest BCUT2D eigenvalue weighted by Gasteiger charge is -2.12. The van der Waals surface area contributed by atoms with Crippen LogP contribution in [-0.4, -0.2) is 50.5 Å². The molecule has 0 aliphatic heterocycles. The minimum absolute atomic E-state index is 0. The van der Waals surface area contributed by atoms with Gasteiger partial charge in [0.15, 0.2) is 5.96 Å². The van der Waals surface area contributed by atoms with Gasteiger partial charge in [0, 0.05) is 27.2 Å². The summed E-state index contributed by atoms with van der Waals surface area (Å²) in [6, 6.07) is 10.2. The average Bonchev–Trinajstić information content (AvgIpc) is 2.50. The molecule has 6 heteroatoms. The van der Waals surface area contributed by atoms with Crippen molar-refractivity contribution >= 4 is 35.8 Å². The Morgan fingerprint density at radius 3 is 2.55 bits per heavy atom. The monoisotopic (exact) mass is 416 g/mol. The summed E-state index contributed by atoms with van der Waals surface area (Å²) in [7, 11) is 3.44. The summed E-state index contributed by atoms with van der Waals surface area (Å²) in [4.78, 5) is 17.4. The number of carbonyl (C=O) groups is 1. The van der Waals surface area contributed by atoms with Crippen LogP contribution >= 0.6 is 24.0 Å². The van der Waals surface area contributed by atoms with Crippen LogP contribution in [0.3, 0.4) is 0 Å². The molecule has 5 nitrogen and oxygen atoms in total. The van der Waals surface area contributed by atoms with Crippen LogP contribution < -0.4 is 10.6 Å². The van der Waals surface area contributed by atoms with Crippen molar-refractivity contribution in [2.24, 2.45) is 4.99 Å². The van der Waals surface area contributed by atoms with Crippen molar-refractivity contribution in [1.82, 2.24) is 15.5 Å². The largest absolute Gasteiger partial charge is 0.356 e. The van der Waals surface area contributed by atoms with E-state index >= 15 is 0 Å². The first-order valence-electron chi connectivity index (χ1n) is 7.00. The van der Waals surface area contributed by atoms with E-state index in [4.69, 9.17) is 0 Å². The Hall–Kier alpha value is -1.57. The lowest BCUT2D eigenvalue weighted by molar-refractivity contribution is -0.127. The van der Waals surface area contributed by atoms with Crippen molar-refractivity contribution in [2.75, 3.05) is 33.7 Å². The first-order valence-corrected chi connectivity index (χ1v) is 7.00. The van der Waals surface area contributed by atoms with Gasteiger partial charge in [0.25, 0.3) is 0 Å². The number of carbonyl (C=O) groups excluding carboxylic acids is 1. The van der Waals surface area contributed by atoms with Crippen molar-refractivity contribution in [3.05, 3.63) is 48.6 Å². The number of nitrogens with one attached hydrogen (secondary N) is 2. The third-order valence-corrected chi connectivity index (χ3v) is 2.83. The summed E-state index contributed by atoms with van der Waals surface area (Å²) < 4.78 is 0. The Morgan fingerprint density at radius 2 is 1.95 bits per heavy atom. The molecule has 1 rings (SSSR count). The first kappa shape index (κ1) is 20.4. The van der Waals surface area contributed by atoms with Gasteiger partial charge >= 0.3 is 0 Å². The number of likely N-dealkylation sites (N-methyl/N-ethyl adjacent to an activating group) is 1. The number of halogens is 1. The molecular weight excluding hydrogens is 391 g/mol. The molecule has 1 aromatic rings. The van der Waals surface area contributed by atoms with Gasteiger partial charge in [0.05, 0.1) is 0 Å². The zero-order valence-electron chi connectivity index (χ0n) is 13.2. The highest BCUT2D eigenvalue weighted by molar-refractivity contribution is 14.0. The lowest BCUT2D eigenvalue weighted by Crippen LogP contribution is -2.39. The van der Waals surface area contributed by atoms with Gasteiger partial charge in [-0.15, -0.1) is 30.6 Å². The van der Waals surface area contributed by atoms with Crippen molar-refractivity contribution < 1.29 is 4.79 Å². The van der Waals surface area contributed by atoms with Crippen molar-refractivity contribution in [3.63, 3.8) is 0 Å². The van der Waals surface area contributed by atoms with Crippen LogP contribution in [0.2, 0.25) is 0 Å². The maximum atomic E-state index is 11.6. The molecule has 122 valence electrons. The number of hydrogen-bond acceptors (Lipinski definition) is 2. The first-order chi connectivity index (χ1) is 10.1. The molecule has 0 fully saturated rings. The van der Waals surface area contributed by atoms with E-state index in [0.717, 1.165) is 13.0 Å². The molecule has 0 aliphatic carbocycles. The molecular formula is C16H25IN4O. The average molecular weight is 416 g/mol. The second-order valence-electron chi connectivity index (χ2n) is 4.78. The van der Waals surface area contributed by atoms with E-state index in [0.29, 0.717) is 12.5 Å². The third kappa shape index (κ3) is 8.66. The van der Waals surface area contributed by atoms with E-state index < -0.39 is 0 Å². The summed E-state index contributed by atoms with van der Waals surface area (Å²) in [5.41, 5.74) is 1.26. The number of rotatable bonds is 7. The molecule has 0 bridgehead atoms. The van der Waals surface area contributed by atoms with E-state index in [1.165, 1.54) is 10.5 Å². The molecule has 22 heavy (non-hydrogen) atoms. The smallest absolute Gasteiger partial charge is 0.243 e. The zero-order valence-corrected chi connectivity index (χ0v) is 15.5. The molecule has 1 amide bonds. The van der Waals surface area contributed by atoms with Gasteiger partial charge in [-0.05, 0) is 12.0 Å². The molecule has 0 aromatic heterocycles. The molecule has 2 N–H and O–H groups in total. The van der Waals surface area contributed by atoms with Gasteiger partial charge in [-0.3, -0.25) is 4.79 Å². The van der Waals surface area contributed by atoms with Crippen molar-refractivity contribution in [2.45, 2.75) is 6.42 Å². The van der Waals surface area contributed by atoms with Crippen LogP contribution in [0.4, 0.5) is 0 Å². The molecule has 1 aromatic carbocycles. The minimum Gasteiger partial charge on any atom is -0.356 e. The summed E-state index contributed by atoms with van der Waals surface area (Å²) in [5.74, 6) is 0.596. The summed E-state index contributed by atoms with van der Waals surface area (Å²) in [6.45, 7) is 5.15. The summed E-state index contributed by atoms with van der Waals surface area (Å²) in [5, 5.41) is 6.32. The number of amides is 1. The number of hydrogen-bond donors (Lipinski definition) is 2. The fraction of sp³-hybridized carbons (Fsp3) is 0.375. The molecule has 0 spiro atoms. The van der Waals surface area contributed by atoms with E-state index in [1.807, 2.05) is 18.2 Å². The highest BCUT2D eigenvalue weighted by Crippen LogP contribution is 1.98. The number of guanidine groups is 1. The Bertz CT molecular complexity index is 474. The number of aliphatic imine (C=N–C) groups is 1. The molecule has 0 aliphatic rings. The van der Waals surface area contributed by atoms with Gasteiger partial charge in [0.1, 0.15) is 6.54 Å². The second-order valence-corrected chi connectivity index (χ2v) is 4.78. The van der Waals surface area contributed by atoms with E-state index in [2.05, 4.69) is 34.3 Å². The van der Waals surface area contributed by atoms with Crippen LogP contribution in [0.5, 0.6) is 0 Å². The topological polar surface area (TPSA) is 56.7 Å². The van der Waals surface area contributed by atoms with Gasteiger partial charge in [-0.1, -0.05) is 36.4 Å². The van der Waals surface area contributed by atoms with Crippen LogP contribution in [0.1, 0.15) is 5.56 Å². The van der Waals surface area contributed by atoms with Crippen LogP contribution in [-0.2, 0) is 11.2 Å². The summed E-state index contributed by atoms with van der Waals surface area (Å²) in [6.07, 6.45) is 2.65.